The third-order valence-electron chi connectivity index (χ3n) is 2.57. The van der Waals surface area contributed by atoms with Gasteiger partial charge in [0.2, 0.25) is 10.0 Å². The molecule has 1 aromatic rings. The van der Waals surface area contributed by atoms with E-state index in [9.17, 15) is 13.2 Å². The fourth-order valence-electron chi connectivity index (χ4n) is 1.45. The summed E-state index contributed by atoms with van der Waals surface area (Å²) >= 11 is 0. The minimum Gasteiger partial charge on any atom is -0.293 e. The molecule has 0 atom stereocenters. The van der Waals surface area contributed by atoms with Crippen molar-refractivity contribution in [2.45, 2.75) is 26.2 Å². The van der Waals surface area contributed by atoms with E-state index in [0.29, 0.717) is 5.56 Å². The van der Waals surface area contributed by atoms with Gasteiger partial charge in [-0.15, -0.1) is 0 Å². The molecule has 0 bridgehead atoms. The average molecular weight is 269 g/mol. The molecule has 0 aliphatic heterocycles. The first-order valence-corrected chi connectivity index (χ1v) is 7.57. The predicted octanol–water partition coefficient (Wildman–Crippen LogP) is 1.72. The van der Waals surface area contributed by atoms with Gasteiger partial charge in [0.25, 0.3) is 0 Å². The summed E-state index contributed by atoms with van der Waals surface area (Å²) in [6.45, 7) is 6.08. The van der Waals surface area contributed by atoms with E-state index in [1.807, 2.05) is 12.1 Å². The van der Waals surface area contributed by atoms with Gasteiger partial charge < -0.3 is 0 Å². The Morgan fingerprint density at radius 1 is 1.17 bits per heavy atom. The van der Waals surface area contributed by atoms with Gasteiger partial charge in [0, 0.05) is 5.56 Å². The molecular weight excluding hydrogens is 250 g/mol. The van der Waals surface area contributed by atoms with Crippen molar-refractivity contribution in [3.8, 4) is 0 Å². The Bertz CT molecular complexity index is 524. The maximum Gasteiger partial charge on any atom is 0.209 e. The Hall–Kier alpha value is -1.20. The second-order valence-electron chi connectivity index (χ2n) is 5.34. The topological polar surface area (TPSA) is 63.2 Å². The summed E-state index contributed by atoms with van der Waals surface area (Å²) in [6, 6.07) is 7.25. The number of hydrogen-bond acceptors (Lipinski definition) is 3. The molecule has 0 fully saturated rings. The van der Waals surface area contributed by atoms with E-state index in [4.69, 9.17) is 0 Å². The highest BCUT2D eigenvalue weighted by Gasteiger charge is 2.14. The summed E-state index contributed by atoms with van der Waals surface area (Å²) in [5.41, 5.74) is 1.68. The number of hydrogen-bond donors (Lipinski definition) is 1. The van der Waals surface area contributed by atoms with Crippen LogP contribution in [0.15, 0.2) is 24.3 Å². The Labute approximate surface area is 108 Å². The van der Waals surface area contributed by atoms with E-state index < -0.39 is 10.0 Å². The molecule has 0 amide bonds. The van der Waals surface area contributed by atoms with Crippen molar-refractivity contribution in [1.82, 2.24) is 4.72 Å². The van der Waals surface area contributed by atoms with Gasteiger partial charge in [0.1, 0.15) is 0 Å². The molecule has 0 aliphatic carbocycles. The molecule has 4 nitrogen and oxygen atoms in total. The van der Waals surface area contributed by atoms with E-state index in [1.54, 1.807) is 12.1 Å². The molecule has 0 spiro atoms. The van der Waals surface area contributed by atoms with Gasteiger partial charge in [-0.2, -0.15) is 0 Å². The van der Waals surface area contributed by atoms with Crippen molar-refractivity contribution in [3.05, 3.63) is 35.4 Å². The first-order chi connectivity index (χ1) is 8.09. The lowest BCUT2D eigenvalue weighted by Gasteiger charge is -2.18. The zero-order chi connectivity index (χ0) is 14.0. The van der Waals surface area contributed by atoms with Crippen LogP contribution < -0.4 is 4.72 Å². The Balaban J connectivity index is 2.77. The average Bonchev–Trinajstić information content (AvgIpc) is 2.24. The molecule has 0 heterocycles. The van der Waals surface area contributed by atoms with Crippen LogP contribution in [0.1, 0.15) is 36.7 Å². The molecule has 0 saturated carbocycles. The second-order valence-corrected chi connectivity index (χ2v) is 7.18. The highest BCUT2D eigenvalue weighted by atomic mass is 32.2. The first kappa shape index (κ1) is 14.9. The minimum absolute atomic E-state index is 0.0343. The quantitative estimate of drug-likeness (QED) is 0.846. The maximum absolute atomic E-state index is 11.7. The number of carbonyl (C=O) groups is 1. The number of rotatable bonds is 4. The zero-order valence-electron chi connectivity index (χ0n) is 11.1. The van der Waals surface area contributed by atoms with Gasteiger partial charge in [0.05, 0.1) is 12.8 Å². The first-order valence-electron chi connectivity index (χ1n) is 5.68. The fraction of sp³-hybridized carbons (Fsp3) is 0.462. The molecule has 1 N–H and O–H groups in total. The summed E-state index contributed by atoms with van der Waals surface area (Å²) in [7, 11) is -3.33. The Morgan fingerprint density at radius 3 is 2.06 bits per heavy atom. The summed E-state index contributed by atoms with van der Waals surface area (Å²) in [5.74, 6) is -0.235. The van der Waals surface area contributed by atoms with Gasteiger partial charge in [-0.3, -0.25) is 4.79 Å². The number of benzene rings is 1. The van der Waals surface area contributed by atoms with Gasteiger partial charge in [-0.25, -0.2) is 13.1 Å². The third-order valence-corrected chi connectivity index (χ3v) is 3.24. The maximum atomic E-state index is 11.7. The molecule has 0 aliphatic rings. The van der Waals surface area contributed by atoms with Crippen molar-refractivity contribution >= 4 is 15.8 Å². The van der Waals surface area contributed by atoms with Crippen LogP contribution in [0.4, 0.5) is 0 Å². The highest BCUT2D eigenvalue weighted by Crippen LogP contribution is 2.22. The number of carbonyl (C=O) groups excluding carboxylic acids is 1. The van der Waals surface area contributed by atoms with E-state index in [0.717, 1.165) is 11.8 Å². The normalized spacial score (nSPS) is 12.4. The molecule has 1 rings (SSSR count). The van der Waals surface area contributed by atoms with E-state index in [2.05, 4.69) is 25.5 Å². The SMILES string of the molecule is CC(C)(C)c1ccc(C(=O)CNS(C)(=O)=O)cc1. The molecule has 0 aromatic heterocycles. The lowest BCUT2D eigenvalue weighted by Crippen LogP contribution is -2.28. The molecule has 5 heteroatoms. The van der Waals surface area contributed by atoms with Crippen LogP contribution in [0, 0.1) is 0 Å². The van der Waals surface area contributed by atoms with E-state index in [-0.39, 0.29) is 17.7 Å². The largest absolute Gasteiger partial charge is 0.293 e. The molecule has 0 saturated heterocycles. The van der Waals surface area contributed by atoms with E-state index >= 15 is 0 Å². The van der Waals surface area contributed by atoms with Gasteiger partial charge >= 0.3 is 0 Å². The van der Waals surface area contributed by atoms with Crippen molar-refractivity contribution < 1.29 is 13.2 Å². The third kappa shape index (κ3) is 4.58. The monoisotopic (exact) mass is 269 g/mol. The van der Waals surface area contributed by atoms with Crippen LogP contribution >= 0.6 is 0 Å². The summed E-state index contributed by atoms with van der Waals surface area (Å²) in [6.07, 6.45) is 1.03. The van der Waals surface area contributed by atoms with Crippen LogP contribution in [0.25, 0.3) is 0 Å². The summed E-state index contributed by atoms with van der Waals surface area (Å²) in [5, 5.41) is 0. The predicted molar refractivity (Wildman–Crippen MR) is 72.3 cm³/mol. The van der Waals surface area contributed by atoms with Gasteiger partial charge in [-0.1, -0.05) is 45.0 Å². The lowest BCUT2D eigenvalue weighted by molar-refractivity contribution is 0.0997. The number of Topliss-reactive ketones (excluding diaryl/α,β-unsaturated/α-hetero) is 1. The Kier molecular flexibility index (Phi) is 4.29. The summed E-state index contributed by atoms with van der Waals surface area (Å²) in [4.78, 5) is 11.7. The highest BCUT2D eigenvalue weighted by molar-refractivity contribution is 7.88. The second kappa shape index (κ2) is 5.20. The van der Waals surface area contributed by atoms with Crippen molar-refractivity contribution in [2.24, 2.45) is 0 Å². The van der Waals surface area contributed by atoms with Crippen LogP contribution in [-0.4, -0.2) is 27.0 Å². The van der Waals surface area contributed by atoms with Crippen LogP contribution in [0.3, 0.4) is 0 Å². The number of ketones is 1. The molecule has 0 radical (unpaired) electrons. The van der Waals surface area contributed by atoms with Crippen molar-refractivity contribution in [2.75, 3.05) is 12.8 Å². The minimum atomic E-state index is -3.33. The van der Waals surface area contributed by atoms with Crippen LogP contribution in [0.5, 0.6) is 0 Å². The molecule has 100 valence electrons. The smallest absolute Gasteiger partial charge is 0.209 e. The standard InChI is InChI=1S/C13H19NO3S/c1-13(2,3)11-7-5-10(6-8-11)12(15)9-14-18(4,16)17/h5-8,14H,9H2,1-4H3. The lowest BCUT2D eigenvalue weighted by atomic mass is 9.86. The molecule has 1 aromatic carbocycles. The van der Waals surface area contributed by atoms with Crippen LogP contribution in [-0.2, 0) is 15.4 Å². The molecule has 18 heavy (non-hydrogen) atoms. The van der Waals surface area contributed by atoms with Gasteiger partial charge in [0.15, 0.2) is 5.78 Å². The fourth-order valence-corrected chi connectivity index (χ4v) is 1.85. The van der Waals surface area contributed by atoms with E-state index in [1.165, 1.54) is 0 Å². The van der Waals surface area contributed by atoms with Crippen molar-refractivity contribution in [3.63, 3.8) is 0 Å². The number of sulfonamides is 1. The molecular formula is C13H19NO3S. The Morgan fingerprint density at radius 2 is 1.67 bits per heavy atom. The van der Waals surface area contributed by atoms with Crippen molar-refractivity contribution in [1.29, 1.82) is 0 Å². The zero-order valence-corrected chi connectivity index (χ0v) is 12.0. The summed E-state index contributed by atoms with van der Waals surface area (Å²) < 4.78 is 24.0. The van der Waals surface area contributed by atoms with Crippen LogP contribution in [0.2, 0.25) is 0 Å². The van der Waals surface area contributed by atoms with Gasteiger partial charge in [-0.05, 0) is 11.0 Å². The molecule has 0 unspecified atom stereocenters. The number of nitrogens with one attached hydrogen (secondary N) is 1.